The van der Waals surface area contributed by atoms with E-state index in [-0.39, 0.29) is 0 Å². The molecule has 0 radical (unpaired) electrons. The van der Waals surface area contributed by atoms with Gasteiger partial charge < -0.3 is 15.9 Å². The minimum Gasteiger partial charge on any atom is -0.478 e. The first kappa shape index (κ1) is 18.9. The van der Waals surface area contributed by atoms with E-state index in [1.165, 1.54) is 16.7 Å². The number of aliphatic carboxylic acids is 2. The molecular formula is C20H20N2O4. The van der Waals surface area contributed by atoms with Gasteiger partial charge in [-0.15, -0.1) is 0 Å². The summed E-state index contributed by atoms with van der Waals surface area (Å²) in [5, 5.41) is 15.6. The molecule has 0 amide bonds. The Bertz CT molecular complexity index is 849. The molecule has 1 aromatic carbocycles. The Kier molecular flexibility index (Phi) is 6.27. The standard InChI is InChI=1S/C16H16N2.C4H4O4/c1-11-8-15(17)10-16(18-11)14-7-6-12-4-2-3-5-13(12)9-14;5-3(6)1-2-4(7)8/h2-5,8-10H,6-7H2,1H3,(H2,17,18);1-2H,(H,5,6)(H,7,8)/b;2-1+. The minimum absolute atomic E-state index is 0.558. The van der Waals surface area contributed by atoms with Crippen molar-refractivity contribution in [1.29, 1.82) is 0 Å². The lowest BCUT2D eigenvalue weighted by Crippen LogP contribution is -2.01. The topological polar surface area (TPSA) is 114 Å². The number of hydrogen-bond donors (Lipinski definition) is 3. The highest BCUT2D eigenvalue weighted by molar-refractivity contribution is 5.89. The zero-order valence-electron chi connectivity index (χ0n) is 14.3. The molecule has 1 aliphatic rings. The van der Waals surface area contributed by atoms with Crippen molar-refractivity contribution in [2.24, 2.45) is 0 Å². The SMILES string of the molecule is Cc1cc(N)cc(C2=Cc3ccccc3CC2)n1.O=C(O)/C=C/C(=O)O. The van der Waals surface area contributed by atoms with Crippen molar-refractivity contribution in [3.63, 3.8) is 0 Å². The molecule has 2 aromatic rings. The average Bonchev–Trinajstić information content (AvgIpc) is 2.59. The van der Waals surface area contributed by atoms with E-state index in [1.54, 1.807) is 0 Å². The fourth-order valence-electron chi connectivity index (χ4n) is 2.64. The number of nitrogens with two attached hydrogens (primary N) is 1. The number of nitrogens with zero attached hydrogens (tertiary/aromatic N) is 1. The molecule has 0 bridgehead atoms. The van der Waals surface area contributed by atoms with Gasteiger partial charge in [-0.2, -0.15) is 0 Å². The number of hydrogen-bond acceptors (Lipinski definition) is 4. The number of benzene rings is 1. The second kappa shape index (κ2) is 8.62. The first-order valence-electron chi connectivity index (χ1n) is 8.02. The quantitative estimate of drug-likeness (QED) is 0.731. The predicted octanol–water partition coefficient (Wildman–Crippen LogP) is 3.17. The van der Waals surface area contributed by atoms with Crippen molar-refractivity contribution in [3.8, 4) is 0 Å². The van der Waals surface area contributed by atoms with E-state index in [4.69, 9.17) is 15.9 Å². The number of allylic oxidation sites excluding steroid dienone is 1. The molecule has 3 rings (SSSR count). The lowest BCUT2D eigenvalue weighted by molar-refractivity contribution is -0.134. The van der Waals surface area contributed by atoms with Crippen LogP contribution in [0.25, 0.3) is 11.6 Å². The number of rotatable bonds is 3. The summed E-state index contributed by atoms with van der Waals surface area (Å²) in [5.41, 5.74) is 12.7. The summed E-state index contributed by atoms with van der Waals surface area (Å²) in [6.45, 7) is 1.98. The molecule has 0 fully saturated rings. The van der Waals surface area contributed by atoms with Crippen LogP contribution in [0.3, 0.4) is 0 Å². The maximum absolute atomic E-state index is 9.55. The Balaban J connectivity index is 0.000000260. The van der Waals surface area contributed by atoms with E-state index in [9.17, 15) is 9.59 Å². The van der Waals surface area contributed by atoms with Crippen LogP contribution in [-0.2, 0) is 16.0 Å². The van der Waals surface area contributed by atoms with Gasteiger partial charge in [0.25, 0.3) is 0 Å². The molecule has 26 heavy (non-hydrogen) atoms. The zero-order chi connectivity index (χ0) is 19.1. The molecule has 0 saturated heterocycles. The fourth-order valence-corrected chi connectivity index (χ4v) is 2.64. The van der Waals surface area contributed by atoms with E-state index in [1.807, 2.05) is 19.1 Å². The number of pyridine rings is 1. The molecule has 0 aliphatic heterocycles. The number of carbonyl (C=O) groups is 2. The van der Waals surface area contributed by atoms with Crippen molar-refractivity contribution in [1.82, 2.24) is 4.98 Å². The molecule has 0 atom stereocenters. The Morgan fingerprint density at radius 3 is 2.35 bits per heavy atom. The summed E-state index contributed by atoms with van der Waals surface area (Å²) in [7, 11) is 0. The van der Waals surface area contributed by atoms with Crippen molar-refractivity contribution < 1.29 is 19.8 Å². The zero-order valence-corrected chi connectivity index (χ0v) is 14.3. The fraction of sp³-hybridized carbons (Fsp3) is 0.150. The highest BCUT2D eigenvalue weighted by Gasteiger charge is 2.12. The van der Waals surface area contributed by atoms with Gasteiger partial charge in [0.05, 0.1) is 5.69 Å². The second-order valence-corrected chi connectivity index (χ2v) is 5.81. The Hall–Kier alpha value is -3.41. The lowest BCUT2D eigenvalue weighted by atomic mass is 9.90. The third-order valence-electron chi connectivity index (χ3n) is 3.72. The molecule has 0 spiro atoms. The van der Waals surface area contributed by atoms with Gasteiger partial charge in [-0.05, 0) is 54.7 Å². The van der Waals surface area contributed by atoms with Crippen LogP contribution in [0.1, 0.15) is 28.9 Å². The van der Waals surface area contributed by atoms with Crippen LogP contribution in [0, 0.1) is 6.92 Å². The van der Waals surface area contributed by atoms with Gasteiger partial charge in [0, 0.05) is 23.5 Å². The van der Waals surface area contributed by atoms with E-state index in [0.29, 0.717) is 12.2 Å². The Morgan fingerprint density at radius 2 is 1.73 bits per heavy atom. The highest BCUT2D eigenvalue weighted by atomic mass is 16.4. The number of nitrogen functional groups attached to an aromatic ring is 1. The molecule has 0 unspecified atom stereocenters. The van der Waals surface area contributed by atoms with E-state index < -0.39 is 11.9 Å². The smallest absolute Gasteiger partial charge is 0.328 e. The number of carboxylic acids is 2. The molecule has 134 valence electrons. The summed E-state index contributed by atoms with van der Waals surface area (Å²) < 4.78 is 0. The first-order chi connectivity index (χ1) is 12.3. The minimum atomic E-state index is -1.26. The number of fused-ring (bicyclic) bond motifs is 1. The van der Waals surface area contributed by atoms with Crippen LogP contribution < -0.4 is 5.73 Å². The van der Waals surface area contributed by atoms with Crippen molar-refractivity contribution >= 4 is 29.3 Å². The van der Waals surface area contributed by atoms with Crippen LogP contribution in [0.2, 0.25) is 0 Å². The van der Waals surface area contributed by atoms with E-state index >= 15 is 0 Å². The lowest BCUT2D eigenvalue weighted by Gasteiger charge is -2.16. The first-order valence-corrected chi connectivity index (χ1v) is 8.02. The Morgan fingerprint density at radius 1 is 1.08 bits per heavy atom. The maximum atomic E-state index is 9.55. The van der Waals surface area contributed by atoms with Crippen molar-refractivity contribution in [2.45, 2.75) is 19.8 Å². The van der Waals surface area contributed by atoms with Crippen LogP contribution >= 0.6 is 0 Å². The third kappa shape index (κ3) is 5.59. The molecule has 1 heterocycles. The number of anilines is 1. The number of aryl methyl sites for hydroxylation is 2. The number of aromatic nitrogens is 1. The van der Waals surface area contributed by atoms with Gasteiger partial charge >= 0.3 is 11.9 Å². The largest absolute Gasteiger partial charge is 0.478 e. The normalized spacial score (nSPS) is 12.6. The summed E-state index contributed by atoms with van der Waals surface area (Å²) in [5.74, 6) is -2.51. The van der Waals surface area contributed by atoms with Gasteiger partial charge in [0.2, 0.25) is 0 Å². The summed E-state index contributed by atoms with van der Waals surface area (Å²) in [6.07, 6.45) is 5.47. The van der Waals surface area contributed by atoms with Gasteiger partial charge in [-0.1, -0.05) is 24.3 Å². The van der Waals surface area contributed by atoms with Crippen LogP contribution in [-0.4, -0.2) is 27.1 Å². The molecule has 4 N–H and O–H groups in total. The van der Waals surface area contributed by atoms with Crippen LogP contribution in [0.5, 0.6) is 0 Å². The molecule has 1 aromatic heterocycles. The summed E-state index contributed by atoms with van der Waals surface area (Å²) in [6, 6.07) is 12.4. The van der Waals surface area contributed by atoms with Gasteiger partial charge in [-0.3, -0.25) is 4.98 Å². The predicted molar refractivity (Wildman–Crippen MR) is 100 cm³/mol. The molecule has 0 saturated carbocycles. The van der Waals surface area contributed by atoms with Crippen LogP contribution in [0.4, 0.5) is 5.69 Å². The van der Waals surface area contributed by atoms with Crippen molar-refractivity contribution in [3.05, 3.63) is 71.1 Å². The van der Waals surface area contributed by atoms with E-state index in [0.717, 1.165) is 29.9 Å². The molecule has 6 nitrogen and oxygen atoms in total. The third-order valence-corrected chi connectivity index (χ3v) is 3.72. The summed E-state index contributed by atoms with van der Waals surface area (Å²) >= 11 is 0. The number of carboxylic acid groups (broad SMARTS) is 2. The van der Waals surface area contributed by atoms with Crippen LogP contribution in [0.15, 0.2) is 48.6 Å². The second-order valence-electron chi connectivity index (χ2n) is 5.81. The van der Waals surface area contributed by atoms with Gasteiger partial charge in [-0.25, -0.2) is 9.59 Å². The molecular weight excluding hydrogens is 332 g/mol. The molecule has 6 heteroatoms. The average molecular weight is 352 g/mol. The van der Waals surface area contributed by atoms with E-state index in [2.05, 4.69) is 35.3 Å². The van der Waals surface area contributed by atoms with Crippen molar-refractivity contribution in [2.75, 3.05) is 5.73 Å². The summed E-state index contributed by atoms with van der Waals surface area (Å²) in [4.78, 5) is 23.7. The monoisotopic (exact) mass is 352 g/mol. The molecule has 1 aliphatic carbocycles. The Labute approximate surface area is 151 Å². The maximum Gasteiger partial charge on any atom is 0.328 e. The van der Waals surface area contributed by atoms with Gasteiger partial charge in [0.15, 0.2) is 0 Å². The van der Waals surface area contributed by atoms with Gasteiger partial charge in [0.1, 0.15) is 0 Å². The highest BCUT2D eigenvalue weighted by Crippen LogP contribution is 2.30.